The van der Waals surface area contributed by atoms with Gasteiger partial charge in [0.2, 0.25) is 0 Å². The molecule has 0 radical (unpaired) electrons. The Hall–Kier alpha value is -2.02. The SMILES string of the molecule is Cc1ccc(CN(C)C(=O)NCC(C)(O)CC(=O)O)o1. The van der Waals surface area contributed by atoms with E-state index in [1.165, 1.54) is 11.8 Å². The van der Waals surface area contributed by atoms with Crippen molar-refractivity contribution in [2.24, 2.45) is 0 Å². The van der Waals surface area contributed by atoms with Crippen LogP contribution in [0.1, 0.15) is 24.9 Å². The van der Waals surface area contributed by atoms with Gasteiger partial charge >= 0.3 is 12.0 Å². The van der Waals surface area contributed by atoms with Gasteiger partial charge in [0.05, 0.1) is 18.6 Å². The van der Waals surface area contributed by atoms with Crippen LogP contribution in [0.4, 0.5) is 4.79 Å². The third kappa shape index (κ3) is 5.31. The average molecular weight is 284 g/mol. The van der Waals surface area contributed by atoms with Gasteiger partial charge in [0.15, 0.2) is 0 Å². The number of furan rings is 1. The summed E-state index contributed by atoms with van der Waals surface area (Å²) in [6.07, 6.45) is -0.436. The molecule has 0 saturated carbocycles. The van der Waals surface area contributed by atoms with Gasteiger partial charge in [-0.15, -0.1) is 0 Å². The number of nitrogens with one attached hydrogen (secondary N) is 1. The highest BCUT2D eigenvalue weighted by Crippen LogP contribution is 2.10. The Bertz CT molecular complexity index is 481. The number of aryl methyl sites for hydroxylation is 1. The molecule has 0 spiro atoms. The highest BCUT2D eigenvalue weighted by Gasteiger charge is 2.25. The highest BCUT2D eigenvalue weighted by atomic mass is 16.4. The summed E-state index contributed by atoms with van der Waals surface area (Å²) < 4.78 is 5.35. The number of rotatable bonds is 6. The second-order valence-corrected chi connectivity index (χ2v) is 5.09. The second-order valence-electron chi connectivity index (χ2n) is 5.09. The Kier molecular flexibility index (Phi) is 5.15. The van der Waals surface area contributed by atoms with Crippen molar-refractivity contribution in [3.63, 3.8) is 0 Å². The smallest absolute Gasteiger partial charge is 0.317 e. The van der Waals surface area contributed by atoms with Crippen LogP contribution in [-0.4, -0.2) is 46.3 Å². The number of carboxylic acids is 1. The minimum Gasteiger partial charge on any atom is -0.481 e. The Morgan fingerprint density at radius 2 is 2.10 bits per heavy atom. The summed E-state index contributed by atoms with van der Waals surface area (Å²) >= 11 is 0. The zero-order valence-corrected chi connectivity index (χ0v) is 11.8. The standard InChI is InChI=1S/C13H20N2O5/c1-9-4-5-10(20-9)7-15(3)12(18)14-8-13(2,19)6-11(16)17/h4-5,19H,6-8H2,1-3H3,(H,14,18)(H,16,17). The van der Waals surface area contributed by atoms with Gasteiger partial charge in [-0.05, 0) is 26.0 Å². The summed E-state index contributed by atoms with van der Waals surface area (Å²) in [5.74, 6) is 0.291. The first-order chi connectivity index (χ1) is 9.19. The molecule has 0 aliphatic carbocycles. The molecule has 0 aromatic carbocycles. The van der Waals surface area contributed by atoms with E-state index in [4.69, 9.17) is 9.52 Å². The Labute approximate surface area is 117 Å². The molecule has 7 heteroatoms. The number of aliphatic hydroxyl groups is 1. The lowest BCUT2D eigenvalue weighted by Gasteiger charge is -2.24. The van der Waals surface area contributed by atoms with Gasteiger partial charge in [-0.1, -0.05) is 0 Å². The van der Waals surface area contributed by atoms with E-state index in [0.717, 1.165) is 5.76 Å². The zero-order valence-electron chi connectivity index (χ0n) is 11.8. The van der Waals surface area contributed by atoms with Crippen LogP contribution in [0.15, 0.2) is 16.5 Å². The average Bonchev–Trinajstić information content (AvgIpc) is 2.70. The number of urea groups is 1. The lowest BCUT2D eigenvalue weighted by molar-refractivity contribution is -0.141. The molecule has 1 rings (SSSR count). The fraction of sp³-hybridized carbons (Fsp3) is 0.538. The van der Waals surface area contributed by atoms with Crippen molar-refractivity contribution in [3.05, 3.63) is 23.7 Å². The number of hydrogen-bond donors (Lipinski definition) is 3. The molecule has 112 valence electrons. The van der Waals surface area contributed by atoms with Crippen LogP contribution in [0.3, 0.4) is 0 Å². The topological polar surface area (TPSA) is 103 Å². The van der Waals surface area contributed by atoms with E-state index < -0.39 is 24.0 Å². The third-order valence-corrected chi connectivity index (χ3v) is 2.69. The lowest BCUT2D eigenvalue weighted by Crippen LogP contribution is -2.46. The summed E-state index contributed by atoms with van der Waals surface area (Å²) in [5.41, 5.74) is -1.48. The second kappa shape index (κ2) is 6.42. The van der Waals surface area contributed by atoms with Crippen LogP contribution >= 0.6 is 0 Å². The maximum atomic E-state index is 11.8. The predicted molar refractivity (Wildman–Crippen MR) is 71.2 cm³/mol. The number of carbonyl (C=O) groups excluding carboxylic acids is 1. The maximum Gasteiger partial charge on any atom is 0.317 e. The van der Waals surface area contributed by atoms with Crippen molar-refractivity contribution in [3.8, 4) is 0 Å². The summed E-state index contributed by atoms with van der Waals surface area (Å²) in [6, 6.07) is 3.17. The van der Waals surface area contributed by atoms with Crippen molar-refractivity contribution in [2.45, 2.75) is 32.4 Å². The number of amides is 2. The van der Waals surface area contributed by atoms with Gasteiger partial charge < -0.3 is 24.8 Å². The Balaban J connectivity index is 2.44. The molecule has 1 aromatic rings. The minimum absolute atomic E-state index is 0.139. The van der Waals surface area contributed by atoms with Crippen molar-refractivity contribution in [1.29, 1.82) is 0 Å². The molecule has 3 N–H and O–H groups in total. The van der Waals surface area contributed by atoms with Crippen LogP contribution in [-0.2, 0) is 11.3 Å². The lowest BCUT2D eigenvalue weighted by atomic mass is 10.0. The molecule has 1 unspecified atom stereocenters. The number of carbonyl (C=O) groups is 2. The molecular weight excluding hydrogens is 264 g/mol. The molecule has 1 aromatic heterocycles. The van der Waals surface area contributed by atoms with Crippen LogP contribution in [0.5, 0.6) is 0 Å². The maximum absolute atomic E-state index is 11.8. The van der Waals surface area contributed by atoms with Crippen molar-refractivity contribution in [2.75, 3.05) is 13.6 Å². The van der Waals surface area contributed by atoms with E-state index in [1.54, 1.807) is 19.2 Å². The van der Waals surface area contributed by atoms with Crippen molar-refractivity contribution < 1.29 is 24.2 Å². The summed E-state index contributed by atoms with van der Waals surface area (Å²) in [7, 11) is 1.58. The van der Waals surface area contributed by atoms with E-state index in [1.807, 2.05) is 6.92 Å². The monoisotopic (exact) mass is 284 g/mol. The zero-order chi connectivity index (χ0) is 15.3. The molecule has 1 atom stereocenters. The molecule has 0 saturated heterocycles. The highest BCUT2D eigenvalue weighted by molar-refractivity contribution is 5.74. The molecule has 0 bridgehead atoms. The van der Waals surface area contributed by atoms with Gasteiger partial charge in [-0.3, -0.25) is 4.79 Å². The van der Waals surface area contributed by atoms with Gasteiger partial charge in [0.25, 0.3) is 0 Å². The molecular formula is C13H20N2O5. The minimum atomic E-state index is -1.48. The Morgan fingerprint density at radius 3 is 2.60 bits per heavy atom. The van der Waals surface area contributed by atoms with Gasteiger partial charge in [-0.25, -0.2) is 4.79 Å². The largest absolute Gasteiger partial charge is 0.481 e. The summed E-state index contributed by atoms with van der Waals surface area (Å²) in [6.45, 7) is 3.32. The van der Waals surface area contributed by atoms with Crippen LogP contribution in [0.25, 0.3) is 0 Å². The van der Waals surface area contributed by atoms with E-state index in [9.17, 15) is 14.7 Å². The quantitative estimate of drug-likeness (QED) is 0.722. The number of carboxylic acid groups (broad SMARTS) is 1. The van der Waals surface area contributed by atoms with Gasteiger partial charge in [-0.2, -0.15) is 0 Å². The summed E-state index contributed by atoms with van der Waals surface area (Å²) in [5, 5.41) is 20.9. The van der Waals surface area contributed by atoms with Crippen LogP contribution in [0, 0.1) is 6.92 Å². The number of aliphatic carboxylic acids is 1. The van der Waals surface area contributed by atoms with E-state index in [0.29, 0.717) is 12.3 Å². The normalized spacial score (nSPS) is 13.6. The third-order valence-electron chi connectivity index (χ3n) is 2.69. The fourth-order valence-corrected chi connectivity index (χ4v) is 1.66. The Morgan fingerprint density at radius 1 is 1.45 bits per heavy atom. The molecule has 20 heavy (non-hydrogen) atoms. The first-order valence-electron chi connectivity index (χ1n) is 6.18. The van der Waals surface area contributed by atoms with Crippen molar-refractivity contribution in [1.82, 2.24) is 10.2 Å². The molecule has 2 amide bonds. The van der Waals surface area contributed by atoms with E-state index >= 15 is 0 Å². The molecule has 1 heterocycles. The predicted octanol–water partition coefficient (Wildman–Crippen LogP) is 0.955. The molecule has 0 aliphatic rings. The molecule has 0 fully saturated rings. The van der Waals surface area contributed by atoms with Gasteiger partial charge in [0, 0.05) is 13.6 Å². The molecule has 7 nitrogen and oxygen atoms in total. The van der Waals surface area contributed by atoms with E-state index in [-0.39, 0.29) is 6.54 Å². The van der Waals surface area contributed by atoms with Crippen molar-refractivity contribution >= 4 is 12.0 Å². The number of nitrogens with zero attached hydrogens (tertiary/aromatic N) is 1. The van der Waals surface area contributed by atoms with Crippen LogP contribution < -0.4 is 5.32 Å². The summed E-state index contributed by atoms with van der Waals surface area (Å²) in [4.78, 5) is 23.7. The fourth-order valence-electron chi connectivity index (χ4n) is 1.66. The number of hydrogen-bond acceptors (Lipinski definition) is 4. The van der Waals surface area contributed by atoms with E-state index in [2.05, 4.69) is 5.32 Å². The van der Waals surface area contributed by atoms with Crippen LogP contribution in [0.2, 0.25) is 0 Å². The molecule has 0 aliphatic heterocycles. The first-order valence-corrected chi connectivity index (χ1v) is 6.18. The van der Waals surface area contributed by atoms with Gasteiger partial charge in [0.1, 0.15) is 11.5 Å². The first kappa shape index (κ1) is 16.0.